The smallest absolute Gasteiger partial charge is 0.129 e. The van der Waals surface area contributed by atoms with Gasteiger partial charge in [-0.1, -0.05) is 48.0 Å². The Morgan fingerprint density at radius 1 is 1.13 bits per heavy atom. The van der Waals surface area contributed by atoms with E-state index in [-0.39, 0.29) is 0 Å². The van der Waals surface area contributed by atoms with Gasteiger partial charge in [-0.2, -0.15) is 0 Å². The van der Waals surface area contributed by atoms with E-state index in [9.17, 15) is 0 Å². The standard InChI is InChI=1S/C10H17NO.C3H8/c1-6(2)9-5-8(11)10(12-9)7(3)4;1-3-2/h5-7H,11H2,1-4H3;3H2,1-2H3. The molecule has 1 heterocycles. The molecule has 1 aromatic rings. The zero-order valence-electron chi connectivity index (χ0n) is 10.9. The van der Waals surface area contributed by atoms with Gasteiger partial charge in [-0.05, 0) is 0 Å². The molecule has 0 aliphatic heterocycles. The lowest BCUT2D eigenvalue weighted by Gasteiger charge is -2.01. The average Bonchev–Trinajstić information content (AvgIpc) is 2.48. The maximum Gasteiger partial charge on any atom is 0.129 e. The van der Waals surface area contributed by atoms with E-state index in [1.54, 1.807) is 0 Å². The molecule has 0 fully saturated rings. The van der Waals surface area contributed by atoms with Gasteiger partial charge >= 0.3 is 0 Å². The third-order valence-corrected chi connectivity index (χ3v) is 1.90. The Morgan fingerprint density at radius 3 is 1.80 bits per heavy atom. The lowest BCUT2D eigenvalue weighted by atomic mass is 10.1. The highest BCUT2D eigenvalue weighted by atomic mass is 16.3. The zero-order valence-corrected chi connectivity index (χ0v) is 10.9. The van der Waals surface area contributed by atoms with Crippen LogP contribution in [0.1, 0.15) is 71.3 Å². The first-order valence-corrected chi connectivity index (χ1v) is 5.83. The van der Waals surface area contributed by atoms with Crippen LogP contribution in [0.4, 0.5) is 5.69 Å². The van der Waals surface area contributed by atoms with E-state index in [0.717, 1.165) is 17.2 Å². The Morgan fingerprint density at radius 2 is 1.60 bits per heavy atom. The van der Waals surface area contributed by atoms with Crippen LogP contribution in [0.15, 0.2) is 10.5 Å². The topological polar surface area (TPSA) is 39.2 Å². The minimum Gasteiger partial charge on any atom is -0.463 e. The fourth-order valence-corrected chi connectivity index (χ4v) is 1.18. The van der Waals surface area contributed by atoms with Crippen molar-refractivity contribution in [3.63, 3.8) is 0 Å². The van der Waals surface area contributed by atoms with Crippen molar-refractivity contribution < 1.29 is 4.42 Å². The summed E-state index contributed by atoms with van der Waals surface area (Å²) < 4.78 is 5.61. The molecule has 15 heavy (non-hydrogen) atoms. The summed E-state index contributed by atoms with van der Waals surface area (Å²) in [5.74, 6) is 2.69. The van der Waals surface area contributed by atoms with Gasteiger partial charge < -0.3 is 10.2 Å². The second kappa shape index (κ2) is 6.54. The SMILES string of the molecule is CC(C)c1cc(N)c(C(C)C)o1.CCC. The molecular weight excluding hydrogens is 186 g/mol. The van der Waals surface area contributed by atoms with Gasteiger partial charge in [-0.15, -0.1) is 0 Å². The van der Waals surface area contributed by atoms with Gasteiger partial charge in [0.2, 0.25) is 0 Å². The van der Waals surface area contributed by atoms with Crippen molar-refractivity contribution in [1.82, 2.24) is 0 Å². The van der Waals surface area contributed by atoms with Crippen molar-refractivity contribution in [3.8, 4) is 0 Å². The van der Waals surface area contributed by atoms with E-state index in [1.165, 1.54) is 6.42 Å². The van der Waals surface area contributed by atoms with Crippen LogP contribution in [-0.2, 0) is 0 Å². The first-order chi connectivity index (χ1) is 6.93. The molecule has 0 radical (unpaired) electrons. The van der Waals surface area contributed by atoms with Crippen molar-refractivity contribution in [2.45, 2.75) is 59.8 Å². The molecule has 88 valence electrons. The Kier molecular flexibility index (Phi) is 6.14. The van der Waals surface area contributed by atoms with E-state index in [2.05, 4.69) is 41.5 Å². The molecule has 0 aliphatic carbocycles. The van der Waals surface area contributed by atoms with Crippen LogP contribution in [0.2, 0.25) is 0 Å². The number of rotatable bonds is 2. The number of furan rings is 1. The van der Waals surface area contributed by atoms with E-state index in [1.807, 2.05) is 6.07 Å². The maximum atomic E-state index is 5.79. The third-order valence-electron chi connectivity index (χ3n) is 1.90. The monoisotopic (exact) mass is 211 g/mol. The summed E-state index contributed by atoms with van der Waals surface area (Å²) in [6, 6.07) is 1.93. The first-order valence-electron chi connectivity index (χ1n) is 5.83. The molecule has 0 saturated carbocycles. The lowest BCUT2D eigenvalue weighted by molar-refractivity contribution is 0.433. The number of hydrogen-bond donors (Lipinski definition) is 1. The van der Waals surface area contributed by atoms with E-state index in [4.69, 9.17) is 10.2 Å². The van der Waals surface area contributed by atoms with Gasteiger partial charge in [-0.25, -0.2) is 0 Å². The van der Waals surface area contributed by atoms with Gasteiger partial charge in [0.25, 0.3) is 0 Å². The number of anilines is 1. The summed E-state index contributed by atoms with van der Waals surface area (Å²) in [6.07, 6.45) is 1.25. The van der Waals surface area contributed by atoms with Crippen LogP contribution in [-0.4, -0.2) is 0 Å². The highest BCUT2D eigenvalue weighted by molar-refractivity contribution is 5.45. The Balaban J connectivity index is 0.000000583. The molecule has 2 nitrogen and oxygen atoms in total. The highest BCUT2D eigenvalue weighted by Crippen LogP contribution is 2.29. The van der Waals surface area contributed by atoms with Crippen LogP contribution in [0, 0.1) is 0 Å². The zero-order chi connectivity index (χ0) is 12.0. The summed E-state index contributed by atoms with van der Waals surface area (Å²) in [5, 5.41) is 0. The minimum atomic E-state index is 0.373. The van der Waals surface area contributed by atoms with Crippen molar-refractivity contribution in [3.05, 3.63) is 17.6 Å². The van der Waals surface area contributed by atoms with Crippen molar-refractivity contribution in [2.24, 2.45) is 0 Å². The summed E-state index contributed by atoms with van der Waals surface area (Å²) >= 11 is 0. The second-order valence-electron chi connectivity index (χ2n) is 4.48. The average molecular weight is 211 g/mol. The molecule has 0 atom stereocenters. The number of nitrogens with two attached hydrogens (primary N) is 1. The molecule has 0 saturated heterocycles. The highest BCUT2D eigenvalue weighted by Gasteiger charge is 2.13. The Hall–Kier alpha value is -0.920. The van der Waals surface area contributed by atoms with Crippen molar-refractivity contribution >= 4 is 5.69 Å². The Labute approximate surface area is 93.9 Å². The largest absolute Gasteiger partial charge is 0.463 e. The molecule has 0 spiro atoms. The van der Waals surface area contributed by atoms with E-state index < -0.39 is 0 Å². The van der Waals surface area contributed by atoms with Crippen LogP contribution >= 0.6 is 0 Å². The molecule has 2 N–H and O–H groups in total. The van der Waals surface area contributed by atoms with E-state index in [0.29, 0.717) is 11.8 Å². The maximum absolute atomic E-state index is 5.79. The fourth-order valence-electron chi connectivity index (χ4n) is 1.18. The van der Waals surface area contributed by atoms with Gasteiger partial charge in [0.15, 0.2) is 0 Å². The molecule has 0 aromatic carbocycles. The first kappa shape index (κ1) is 14.1. The van der Waals surface area contributed by atoms with Gasteiger partial charge in [-0.3, -0.25) is 0 Å². The summed E-state index contributed by atoms with van der Waals surface area (Å²) in [7, 11) is 0. The summed E-state index contributed by atoms with van der Waals surface area (Å²) in [6.45, 7) is 12.6. The Bertz CT molecular complexity index is 274. The fraction of sp³-hybridized carbons (Fsp3) is 0.692. The van der Waals surface area contributed by atoms with Crippen molar-refractivity contribution in [2.75, 3.05) is 5.73 Å². The van der Waals surface area contributed by atoms with Crippen LogP contribution in [0.5, 0.6) is 0 Å². The van der Waals surface area contributed by atoms with E-state index >= 15 is 0 Å². The van der Waals surface area contributed by atoms with Crippen molar-refractivity contribution in [1.29, 1.82) is 0 Å². The lowest BCUT2D eigenvalue weighted by Crippen LogP contribution is -1.90. The quantitative estimate of drug-likeness (QED) is 0.780. The normalized spacial score (nSPS) is 10.4. The molecular formula is C13H25NO. The second-order valence-corrected chi connectivity index (χ2v) is 4.48. The van der Waals surface area contributed by atoms with Crippen LogP contribution in [0.3, 0.4) is 0 Å². The van der Waals surface area contributed by atoms with Gasteiger partial charge in [0.1, 0.15) is 11.5 Å². The summed E-state index contributed by atoms with van der Waals surface area (Å²) in [5.41, 5.74) is 6.57. The molecule has 0 amide bonds. The molecule has 0 unspecified atom stereocenters. The summed E-state index contributed by atoms with van der Waals surface area (Å²) in [4.78, 5) is 0. The predicted octanol–water partition coefficient (Wildman–Crippen LogP) is 4.52. The molecule has 0 aliphatic rings. The predicted molar refractivity (Wildman–Crippen MR) is 67.3 cm³/mol. The van der Waals surface area contributed by atoms with Gasteiger partial charge in [0.05, 0.1) is 5.69 Å². The minimum absolute atomic E-state index is 0.373. The third kappa shape index (κ3) is 4.41. The number of nitrogen functional groups attached to an aromatic ring is 1. The number of hydrogen-bond acceptors (Lipinski definition) is 2. The van der Waals surface area contributed by atoms with Gasteiger partial charge in [0, 0.05) is 17.9 Å². The molecule has 2 heteroatoms. The molecule has 0 bridgehead atoms. The molecule has 1 rings (SSSR count). The molecule has 1 aromatic heterocycles. The van der Waals surface area contributed by atoms with Crippen LogP contribution < -0.4 is 5.73 Å². The van der Waals surface area contributed by atoms with Crippen LogP contribution in [0.25, 0.3) is 0 Å².